The Bertz CT molecular complexity index is 897. The molecule has 0 N–H and O–H groups in total. The molecule has 2 aromatic rings. The molecule has 1 aliphatic rings. The van der Waals surface area contributed by atoms with Crippen molar-refractivity contribution in [2.75, 3.05) is 31.1 Å². The quantitative estimate of drug-likeness (QED) is 0.752. The first-order chi connectivity index (χ1) is 12.2. The lowest BCUT2D eigenvalue weighted by Crippen LogP contribution is -2.49. The number of hydrogen-bond acceptors (Lipinski definition) is 5. The summed E-state index contributed by atoms with van der Waals surface area (Å²) in [6.45, 7) is 0.294. The van der Waals surface area contributed by atoms with E-state index in [1.165, 1.54) is 17.0 Å². The lowest BCUT2D eigenvalue weighted by Gasteiger charge is -2.34. The number of benzene rings is 1. The van der Waals surface area contributed by atoms with E-state index in [0.29, 0.717) is 0 Å². The van der Waals surface area contributed by atoms with Crippen LogP contribution in [0.1, 0.15) is 5.69 Å². The van der Waals surface area contributed by atoms with E-state index < -0.39 is 27.7 Å². The number of alkyl halides is 3. The van der Waals surface area contributed by atoms with Crippen LogP contribution < -0.4 is 4.90 Å². The van der Waals surface area contributed by atoms with Gasteiger partial charge in [-0.05, 0) is 24.3 Å². The Morgan fingerprint density at radius 3 is 2.35 bits per heavy atom. The third kappa shape index (κ3) is 3.78. The Kier molecular flexibility index (Phi) is 4.84. The van der Waals surface area contributed by atoms with Crippen LogP contribution in [0.15, 0.2) is 41.4 Å². The van der Waals surface area contributed by atoms with Gasteiger partial charge in [0, 0.05) is 32.4 Å². The van der Waals surface area contributed by atoms with Crippen molar-refractivity contribution in [2.45, 2.75) is 11.1 Å². The predicted molar refractivity (Wildman–Crippen MR) is 84.4 cm³/mol. The molecule has 1 aliphatic heterocycles. The number of rotatable bonds is 3. The fourth-order valence-electron chi connectivity index (χ4n) is 2.56. The normalized spacial score (nSPS) is 16.7. The van der Waals surface area contributed by atoms with Gasteiger partial charge in [0.2, 0.25) is 16.0 Å². The molecule has 6 nitrogen and oxygen atoms in total. The van der Waals surface area contributed by atoms with Gasteiger partial charge in [0.25, 0.3) is 0 Å². The number of piperazine rings is 1. The van der Waals surface area contributed by atoms with Gasteiger partial charge in [-0.25, -0.2) is 22.8 Å². The maximum atomic E-state index is 13.3. The molecule has 0 spiro atoms. The van der Waals surface area contributed by atoms with E-state index in [0.717, 1.165) is 28.7 Å². The van der Waals surface area contributed by atoms with Gasteiger partial charge in [-0.2, -0.15) is 17.5 Å². The number of aromatic nitrogens is 2. The fraction of sp³-hybridized carbons (Fsp3) is 0.333. The van der Waals surface area contributed by atoms with Gasteiger partial charge in [-0.15, -0.1) is 0 Å². The molecule has 1 aromatic carbocycles. The van der Waals surface area contributed by atoms with Crippen LogP contribution in [0.4, 0.5) is 23.5 Å². The average Bonchev–Trinajstić information content (AvgIpc) is 2.61. The summed E-state index contributed by atoms with van der Waals surface area (Å²) >= 11 is 0. The second kappa shape index (κ2) is 6.80. The van der Waals surface area contributed by atoms with Crippen LogP contribution in [0.5, 0.6) is 0 Å². The van der Waals surface area contributed by atoms with E-state index in [1.54, 1.807) is 0 Å². The highest BCUT2D eigenvalue weighted by molar-refractivity contribution is 7.89. The third-order valence-electron chi connectivity index (χ3n) is 3.89. The summed E-state index contributed by atoms with van der Waals surface area (Å²) < 4.78 is 77.7. The van der Waals surface area contributed by atoms with Gasteiger partial charge >= 0.3 is 6.18 Å². The molecule has 1 aromatic heterocycles. The molecule has 0 radical (unpaired) electrons. The largest absolute Gasteiger partial charge is 0.433 e. The van der Waals surface area contributed by atoms with Crippen LogP contribution in [0, 0.1) is 5.82 Å². The van der Waals surface area contributed by atoms with Crippen LogP contribution in [0.3, 0.4) is 0 Å². The second-order valence-corrected chi connectivity index (χ2v) is 7.53. The summed E-state index contributed by atoms with van der Waals surface area (Å²) in [5.74, 6) is -0.773. The molecule has 0 unspecified atom stereocenters. The molecule has 140 valence electrons. The van der Waals surface area contributed by atoms with Crippen molar-refractivity contribution >= 4 is 16.0 Å². The molecule has 0 atom stereocenters. The van der Waals surface area contributed by atoms with Crippen molar-refractivity contribution in [3.8, 4) is 0 Å². The van der Waals surface area contributed by atoms with Gasteiger partial charge in [0.1, 0.15) is 11.5 Å². The molecule has 0 aliphatic carbocycles. The van der Waals surface area contributed by atoms with Crippen molar-refractivity contribution < 1.29 is 26.0 Å². The Labute approximate surface area is 147 Å². The fourth-order valence-corrected chi connectivity index (χ4v) is 4.02. The Balaban J connectivity index is 1.73. The minimum atomic E-state index is -4.58. The van der Waals surface area contributed by atoms with Crippen LogP contribution >= 0.6 is 0 Å². The Morgan fingerprint density at radius 2 is 1.73 bits per heavy atom. The van der Waals surface area contributed by atoms with Gasteiger partial charge in [0.15, 0.2) is 0 Å². The molecule has 26 heavy (non-hydrogen) atoms. The molecule has 0 amide bonds. The minimum Gasteiger partial charge on any atom is -0.338 e. The smallest absolute Gasteiger partial charge is 0.338 e. The first kappa shape index (κ1) is 18.5. The summed E-state index contributed by atoms with van der Waals surface area (Å²) in [6, 6.07) is 5.43. The van der Waals surface area contributed by atoms with Crippen molar-refractivity contribution in [2.24, 2.45) is 0 Å². The number of anilines is 1. The molecule has 1 fully saturated rings. The molecular weight excluding hydrogens is 376 g/mol. The first-order valence-electron chi connectivity index (χ1n) is 7.59. The number of halogens is 4. The molecule has 2 heterocycles. The van der Waals surface area contributed by atoms with E-state index in [2.05, 4.69) is 9.97 Å². The van der Waals surface area contributed by atoms with E-state index >= 15 is 0 Å². The van der Waals surface area contributed by atoms with E-state index in [-0.39, 0.29) is 37.0 Å². The number of hydrogen-bond donors (Lipinski definition) is 0. The zero-order chi connectivity index (χ0) is 18.9. The summed E-state index contributed by atoms with van der Waals surface area (Å²) in [5, 5.41) is 0. The highest BCUT2D eigenvalue weighted by Gasteiger charge is 2.34. The molecule has 3 rings (SSSR count). The average molecular weight is 390 g/mol. The summed E-state index contributed by atoms with van der Waals surface area (Å²) in [4.78, 5) is 8.64. The SMILES string of the molecule is O=S(=O)(c1cccc(F)c1)N1CCN(c2nccc(C(F)(F)F)n2)CC1. The zero-order valence-electron chi connectivity index (χ0n) is 13.3. The van der Waals surface area contributed by atoms with Crippen LogP contribution in [0.2, 0.25) is 0 Å². The predicted octanol–water partition coefficient (Wildman–Crippen LogP) is 2.15. The van der Waals surface area contributed by atoms with Crippen molar-refractivity contribution in [1.82, 2.24) is 14.3 Å². The maximum Gasteiger partial charge on any atom is 0.433 e. The number of nitrogens with zero attached hydrogens (tertiary/aromatic N) is 4. The molecule has 0 bridgehead atoms. The van der Waals surface area contributed by atoms with Crippen molar-refractivity contribution in [1.29, 1.82) is 0 Å². The van der Waals surface area contributed by atoms with Gasteiger partial charge in [-0.1, -0.05) is 6.07 Å². The Hall–Kier alpha value is -2.27. The van der Waals surface area contributed by atoms with Crippen LogP contribution in [-0.2, 0) is 16.2 Å². The van der Waals surface area contributed by atoms with Gasteiger partial charge in [0.05, 0.1) is 4.90 Å². The summed E-state index contributed by atoms with van der Waals surface area (Å²) in [7, 11) is -3.88. The molecule has 11 heteroatoms. The van der Waals surface area contributed by atoms with E-state index in [9.17, 15) is 26.0 Å². The lowest BCUT2D eigenvalue weighted by atomic mass is 10.3. The van der Waals surface area contributed by atoms with Gasteiger partial charge < -0.3 is 4.90 Å². The van der Waals surface area contributed by atoms with Crippen molar-refractivity contribution in [3.63, 3.8) is 0 Å². The summed E-state index contributed by atoms with van der Waals surface area (Å²) in [6.07, 6.45) is -3.57. The van der Waals surface area contributed by atoms with Crippen LogP contribution in [-0.4, -0.2) is 48.9 Å². The first-order valence-corrected chi connectivity index (χ1v) is 9.03. The Morgan fingerprint density at radius 1 is 1.04 bits per heavy atom. The topological polar surface area (TPSA) is 66.4 Å². The van der Waals surface area contributed by atoms with Crippen LogP contribution in [0.25, 0.3) is 0 Å². The molecule has 1 saturated heterocycles. The highest BCUT2D eigenvalue weighted by atomic mass is 32.2. The third-order valence-corrected chi connectivity index (χ3v) is 5.78. The second-order valence-electron chi connectivity index (χ2n) is 5.59. The van der Waals surface area contributed by atoms with E-state index in [4.69, 9.17) is 0 Å². The molecule has 0 saturated carbocycles. The molecular formula is C15H14F4N4O2S. The number of sulfonamides is 1. The minimum absolute atomic E-state index is 0.0262. The summed E-state index contributed by atoms with van der Waals surface area (Å²) in [5.41, 5.74) is -1.06. The van der Waals surface area contributed by atoms with Crippen molar-refractivity contribution in [3.05, 3.63) is 48.0 Å². The van der Waals surface area contributed by atoms with E-state index in [1.807, 2.05) is 0 Å². The standard InChI is InChI=1S/C15H14F4N4O2S/c16-11-2-1-3-12(10-11)26(24,25)23-8-6-22(7-9-23)14-20-5-4-13(21-14)15(17,18)19/h1-5,10H,6-9H2. The maximum absolute atomic E-state index is 13.3. The van der Waals surface area contributed by atoms with Gasteiger partial charge in [-0.3, -0.25) is 0 Å². The monoisotopic (exact) mass is 390 g/mol. The highest BCUT2D eigenvalue weighted by Crippen LogP contribution is 2.28. The zero-order valence-corrected chi connectivity index (χ0v) is 14.1. The lowest BCUT2D eigenvalue weighted by molar-refractivity contribution is -0.141.